The average molecular weight is 335 g/mol. The van der Waals surface area contributed by atoms with Crippen molar-refractivity contribution in [3.63, 3.8) is 0 Å². The largest absolute Gasteiger partial charge is 0.265 e. The molecule has 0 unspecified atom stereocenters. The third-order valence-electron chi connectivity index (χ3n) is 4.14. The number of aromatic nitrogens is 7. The maximum absolute atomic E-state index is 4.73. The normalized spacial score (nSPS) is 12.0. The van der Waals surface area contributed by atoms with Gasteiger partial charge in [0.15, 0.2) is 5.65 Å². The zero-order valence-corrected chi connectivity index (χ0v) is 14.2. The van der Waals surface area contributed by atoms with Gasteiger partial charge in [0, 0.05) is 24.3 Å². The van der Waals surface area contributed by atoms with Crippen LogP contribution < -0.4 is 0 Å². The molecular formula is C16H13N7S. The summed E-state index contributed by atoms with van der Waals surface area (Å²) < 4.78 is 4.50. The van der Waals surface area contributed by atoms with Crippen LogP contribution in [0.1, 0.15) is 11.3 Å². The predicted octanol–water partition coefficient (Wildman–Crippen LogP) is 2.90. The summed E-state index contributed by atoms with van der Waals surface area (Å²) in [6.07, 6.45) is 3.46. The molecule has 5 aromatic heterocycles. The van der Waals surface area contributed by atoms with Crippen molar-refractivity contribution in [2.24, 2.45) is 7.05 Å². The van der Waals surface area contributed by atoms with Crippen molar-refractivity contribution in [1.82, 2.24) is 34.3 Å². The molecule has 0 aliphatic rings. The first kappa shape index (κ1) is 13.6. The second kappa shape index (κ2) is 4.57. The number of hydrogen-bond acceptors (Lipinski definition) is 6. The van der Waals surface area contributed by atoms with Gasteiger partial charge in [0.1, 0.15) is 21.6 Å². The Morgan fingerprint density at radius 1 is 1.17 bits per heavy atom. The van der Waals surface area contributed by atoms with E-state index in [2.05, 4.69) is 33.2 Å². The van der Waals surface area contributed by atoms with Crippen molar-refractivity contribution in [2.45, 2.75) is 13.8 Å². The van der Waals surface area contributed by atoms with Crippen molar-refractivity contribution in [1.29, 1.82) is 0 Å². The number of rotatable bonds is 1. The van der Waals surface area contributed by atoms with Gasteiger partial charge in [0.2, 0.25) is 5.82 Å². The Morgan fingerprint density at radius 3 is 2.83 bits per heavy atom. The Hall–Kier alpha value is -2.87. The SMILES string of the molecule is Cc1cc(C)c2c(n1)sc1c2ncn2nc(-c3ccnn3C)nc12. The zero-order chi connectivity index (χ0) is 16.4. The molecule has 0 atom stereocenters. The van der Waals surface area contributed by atoms with Gasteiger partial charge < -0.3 is 0 Å². The first-order valence-electron chi connectivity index (χ1n) is 7.52. The Labute approximate surface area is 140 Å². The Morgan fingerprint density at radius 2 is 2.04 bits per heavy atom. The fourth-order valence-corrected chi connectivity index (χ4v) is 4.30. The third kappa shape index (κ3) is 1.74. The van der Waals surface area contributed by atoms with E-state index in [0.29, 0.717) is 5.82 Å². The highest BCUT2D eigenvalue weighted by molar-refractivity contribution is 7.26. The lowest BCUT2D eigenvalue weighted by atomic mass is 10.1. The van der Waals surface area contributed by atoms with E-state index < -0.39 is 0 Å². The van der Waals surface area contributed by atoms with Crippen molar-refractivity contribution in [3.8, 4) is 11.5 Å². The van der Waals surface area contributed by atoms with Gasteiger partial charge in [-0.05, 0) is 31.5 Å². The van der Waals surface area contributed by atoms with E-state index in [9.17, 15) is 0 Å². The number of thiophene rings is 1. The van der Waals surface area contributed by atoms with Crippen molar-refractivity contribution >= 4 is 37.4 Å². The molecule has 8 heteroatoms. The Bertz CT molecular complexity index is 1240. The molecule has 0 saturated heterocycles. The fraction of sp³-hybridized carbons (Fsp3) is 0.188. The van der Waals surface area contributed by atoms with Crippen LogP contribution in [-0.4, -0.2) is 34.3 Å². The van der Waals surface area contributed by atoms with Crippen LogP contribution in [0.5, 0.6) is 0 Å². The van der Waals surface area contributed by atoms with E-state index in [1.165, 1.54) is 5.56 Å². The number of hydrogen-bond donors (Lipinski definition) is 0. The van der Waals surface area contributed by atoms with Crippen LogP contribution in [0.4, 0.5) is 0 Å². The van der Waals surface area contributed by atoms with Gasteiger partial charge in [-0.15, -0.1) is 16.4 Å². The standard InChI is InChI=1S/C16H13N7S/c1-8-6-9(2)19-16-11(8)12-13(24-16)15-20-14(21-23(15)7-17-12)10-4-5-18-22(10)3/h4-7H,1-3H3. The summed E-state index contributed by atoms with van der Waals surface area (Å²) >= 11 is 1.61. The highest BCUT2D eigenvalue weighted by atomic mass is 32.1. The first-order valence-corrected chi connectivity index (χ1v) is 8.33. The molecule has 7 nitrogen and oxygen atoms in total. The molecule has 5 heterocycles. The monoisotopic (exact) mass is 335 g/mol. The second-order valence-corrected chi connectivity index (χ2v) is 6.83. The Balaban J connectivity index is 1.89. The summed E-state index contributed by atoms with van der Waals surface area (Å²) in [4.78, 5) is 15.0. The second-order valence-electron chi connectivity index (χ2n) is 5.83. The summed E-state index contributed by atoms with van der Waals surface area (Å²) in [6, 6.07) is 3.99. The number of pyridine rings is 1. The molecule has 0 aromatic carbocycles. The molecule has 118 valence electrons. The summed E-state index contributed by atoms with van der Waals surface area (Å²) in [5.41, 5.74) is 4.82. The fourth-order valence-electron chi connectivity index (χ4n) is 3.07. The van der Waals surface area contributed by atoms with Crippen LogP contribution in [0.3, 0.4) is 0 Å². The molecule has 0 radical (unpaired) electrons. The van der Waals surface area contributed by atoms with E-state index in [4.69, 9.17) is 4.98 Å². The van der Waals surface area contributed by atoms with E-state index in [0.717, 1.165) is 37.5 Å². The van der Waals surface area contributed by atoms with Gasteiger partial charge in [0.05, 0.1) is 5.52 Å². The van der Waals surface area contributed by atoms with Crippen molar-refractivity contribution < 1.29 is 0 Å². The van der Waals surface area contributed by atoms with E-state index in [-0.39, 0.29) is 0 Å². The van der Waals surface area contributed by atoms with Gasteiger partial charge in [-0.2, -0.15) is 5.10 Å². The van der Waals surface area contributed by atoms with Gasteiger partial charge in [-0.3, -0.25) is 4.68 Å². The van der Waals surface area contributed by atoms with E-state index in [1.807, 2.05) is 20.0 Å². The highest BCUT2D eigenvalue weighted by Crippen LogP contribution is 2.35. The number of fused-ring (bicyclic) bond motifs is 5. The van der Waals surface area contributed by atoms with Gasteiger partial charge in [0.25, 0.3) is 0 Å². The molecule has 0 fully saturated rings. The van der Waals surface area contributed by atoms with Crippen LogP contribution in [0, 0.1) is 13.8 Å². The molecule has 0 N–H and O–H groups in total. The maximum Gasteiger partial charge on any atom is 0.200 e. The van der Waals surface area contributed by atoms with E-state index in [1.54, 1.807) is 33.1 Å². The smallest absolute Gasteiger partial charge is 0.200 e. The number of nitrogens with zero attached hydrogens (tertiary/aromatic N) is 7. The van der Waals surface area contributed by atoms with Crippen molar-refractivity contribution in [2.75, 3.05) is 0 Å². The molecule has 0 amide bonds. The van der Waals surface area contributed by atoms with Crippen LogP contribution in [0.15, 0.2) is 24.7 Å². The zero-order valence-electron chi connectivity index (χ0n) is 13.3. The Kier molecular flexibility index (Phi) is 2.58. The lowest BCUT2D eigenvalue weighted by molar-refractivity contribution is 0.768. The van der Waals surface area contributed by atoms with Crippen LogP contribution in [0.2, 0.25) is 0 Å². The molecule has 5 aromatic rings. The molecule has 0 spiro atoms. The van der Waals surface area contributed by atoms with Crippen LogP contribution >= 0.6 is 11.3 Å². The summed E-state index contributed by atoms with van der Waals surface area (Å²) in [7, 11) is 1.88. The van der Waals surface area contributed by atoms with Gasteiger partial charge in [-0.1, -0.05) is 0 Å². The predicted molar refractivity (Wildman–Crippen MR) is 93.1 cm³/mol. The lowest BCUT2D eigenvalue weighted by Gasteiger charge is -1.98. The van der Waals surface area contributed by atoms with Crippen LogP contribution in [0.25, 0.3) is 37.6 Å². The van der Waals surface area contributed by atoms with Crippen molar-refractivity contribution in [3.05, 3.63) is 35.9 Å². The molecule has 0 bridgehead atoms. The topological polar surface area (TPSA) is 73.8 Å². The molecule has 0 aliphatic heterocycles. The summed E-state index contributed by atoms with van der Waals surface area (Å²) in [5, 5.41) is 9.84. The molecule has 5 rings (SSSR count). The van der Waals surface area contributed by atoms with Gasteiger partial charge >= 0.3 is 0 Å². The minimum atomic E-state index is 0.641. The molecule has 0 aliphatic carbocycles. The van der Waals surface area contributed by atoms with E-state index >= 15 is 0 Å². The average Bonchev–Trinajstić information content (AvgIpc) is 3.20. The maximum atomic E-state index is 4.73. The summed E-state index contributed by atoms with van der Waals surface area (Å²) in [6.45, 7) is 4.11. The minimum Gasteiger partial charge on any atom is -0.265 e. The number of aryl methyl sites for hydroxylation is 3. The first-order chi connectivity index (χ1) is 11.6. The lowest BCUT2D eigenvalue weighted by Crippen LogP contribution is -1.95. The molecule has 0 saturated carbocycles. The quantitative estimate of drug-likeness (QED) is 0.471. The van der Waals surface area contributed by atoms with Crippen LogP contribution in [-0.2, 0) is 7.05 Å². The molecule has 24 heavy (non-hydrogen) atoms. The minimum absolute atomic E-state index is 0.641. The molecular weight excluding hydrogens is 322 g/mol. The van der Waals surface area contributed by atoms with Gasteiger partial charge in [-0.25, -0.2) is 19.5 Å². The third-order valence-corrected chi connectivity index (χ3v) is 5.21. The highest BCUT2D eigenvalue weighted by Gasteiger charge is 2.17. The summed E-state index contributed by atoms with van der Waals surface area (Å²) in [5.74, 6) is 0.641.